The van der Waals surface area contributed by atoms with E-state index in [-0.39, 0.29) is 35.2 Å². The summed E-state index contributed by atoms with van der Waals surface area (Å²) in [6.45, 7) is 15.0. The van der Waals surface area contributed by atoms with Gasteiger partial charge in [-0.05, 0) is 43.6 Å². The van der Waals surface area contributed by atoms with E-state index in [2.05, 4.69) is 46.2 Å². The Morgan fingerprint density at radius 2 is 1.80 bits per heavy atom. The molecule has 1 fully saturated rings. The third-order valence-electron chi connectivity index (χ3n) is 5.69. The summed E-state index contributed by atoms with van der Waals surface area (Å²) in [7, 11) is 1.78. The Balaban J connectivity index is 0.00000450. The highest BCUT2D eigenvalue weighted by molar-refractivity contribution is 14.0. The van der Waals surface area contributed by atoms with Gasteiger partial charge in [-0.25, -0.2) is 4.39 Å². The maximum atomic E-state index is 13.3. The SMILES string of the molecule is CCN1CCN(CCCCNC(=NC)NCC(C)(C)c2ccc(F)cc2Cl)CC1.I. The average molecular weight is 554 g/mol. The fourth-order valence-corrected chi connectivity index (χ4v) is 4.08. The Labute approximate surface area is 203 Å². The zero-order valence-electron chi connectivity index (χ0n) is 18.8. The molecule has 0 amide bonds. The number of rotatable bonds is 9. The summed E-state index contributed by atoms with van der Waals surface area (Å²) >= 11 is 6.24. The Morgan fingerprint density at radius 1 is 1.13 bits per heavy atom. The molecule has 1 heterocycles. The molecule has 0 radical (unpaired) electrons. The summed E-state index contributed by atoms with van der Waals surface area (Å²) < 4.78 is 13.3. The lowest BCUT2D eigenvalue weighted by Gasteiger charge is -2.34. The lowest BCUT2D eigenvalue weighted by molar-refractivity contribution is 0.136. The Hall–Kier alpha value is -0.640. The first-order valence-corrected chi connectivity index (χ1v) is 11.1. The van der Waals surface area contributed by atoms with Gasteiger partial charge in [0.2, 0.25) is 0 Å². The highest BCUT2D eigenvalue weighted by Gasteiger charge is 2.24. The summed E-state index contributed by atoms with van der Waals surface area (Å²) in [6.07, 6.45) is 2.30. The van der Waals surface area contributed by atoms with Crippen molar-refractivity contribution in [3.05, 3.63) is 34.6 Å². The van der Waals surface area contributed by atoms with Crippen LogP contribution in [0.1, 0.15) is 39.2 Å². The molecule has 0 bridgehead atoms. The molecule has 1 aliphatic rings. The lowest BCUT2D eigenvalue weighted by Crippen LogP contribution is -2.46. The molecule has 2 rings (SSSR count). The fraction of sp³-hybridized carbons (Fsp3) is 0.682. The van der Waals surface area contributed by atoms with Gasteiger partial charge >= 0.3 is 0 Å². The van der Waals surface area contributed by atoms with E-state index in [9.17, 15) is 4.39 Å². The maximum absolute atomic E-state index is 13.3. The quantitative estimate of drug-likeness (QED) is 0.210. The maximum Gasteiger partial charge on any atom is 0.191 e. The number of piperazine rings is 1. The summed E-state index contributed by atoms with van der Waals surface area (Å²) in [5.41, 5.74) is 0.676. The van der Waals surface area contributed by atoms with Gasteiger partial charge in [-0.3, -0.25) is 4.99 Å². The highest BCUT2D eigenvalue weighted by Crippen LogP contribution is 2.29. The van der Waals surface area contributed by atoms with Gasteiger partial charge in [0.1, 0.15) is 5.82 Å². The molecule has 0 aromatic heterocycles. The first kappa shape index (κ1) is 27.4. The number of nitrogens with one attached hydrogen (secondary N) is 2. The van der Waals surface area contributed by atoms with Gasteiger partial charge in [0.25, 0.3) is 0 Å². The van der Waals surface area contributed by atoms with E-state index in [1.165, 1.54) is 51.3 Å². The van der Waals surface area contributed by atoms with Crippen LogP contribution in [0.5, 0.6) is 0 Å². The second-order valence-electron chi connectivity index (χ2n) is 8.34. The minimum atomic E-state index is -0.313. The van der Waals surface area contributed by atoms with Gasteiger partial charge in [-0.2, -0.15) is 0 Å². The molecule has 172 valence electrons. The molecule has 1 saturated heterocycles. The van der Waals surface area contributed by atoms with Crippen molar-refractivity contribution < 1.29 is 4.39 Å². The number of benzene rings is 1. The lowest BCUT2D eigenvalue weighted by atomic mass is 9.84. The topological polar surface area (TPSA) is 42.9 Å². The van der Waals surface area contributed by atoms with Crippen molar-refractivity contribution in [2.75, 3.05) is 59.4 Å². The van der Waals surface area contributed by atoms with Crippen LogP contribution in [0, 0.1) is 5.82 Å². The molecule has 1 aromatic rings. The van der Waals surface area contributed by atoms with Crippen LogP contribution in [0.2, 0.25) is 5.02 Å². The molecule has 8 heteroatoms. The molecule has 1 aliphatic heterocycles. The molecule has 2 N–H and O–H groups in total. The third kappa shape index (κ3) is 8.85. The Bertz CT molecular complexity index is 663. The summed E-state index contributed by atoms with van der Waals surface area (Å²) in [4.78, 5) is 9.38. The normalized spacial score (nSPS) is 16.3. The number of likely N-dealkylation sites (N-methyl/N-ethyl adjacent to an activating group) is 1. The van der Waals surface area contributed by atoms with E-state index in [1.54, 1.807) is 13.1 Å². The van der Waals surface area contributed by atoms with E-state index in [1.807, 2.05) is 0 Å². The van der Waals surface area contributed by atoms with Crippen molar-refractivity contribution in [2.45, 2.75) is 39.0 Å². The average Bonchev–Trinajstić information content (AvgIpc) is 2.70. The number of unbranched alkanes of at least 4 members (excludes halogenated alkanes) is 1. The Kier molecular flexibility index (Phi) is 12.5. The van der Waals surface area contributed by atoms with Gasteiger partial charge in [-0.15, -0.1) is 24.0 Å². The van der Waals surface area contributed by atoms with Crippen LogP contribution in [0.3, 0.4) is 0 Å². The summed E-state index contributed by atoms with van der Waals surface area (Å²) in [6, 6.07) is 4.59. The van der Waals surface area contributed by atoms with Crippen molar-refractivity contribution in [2.24, 2.45) is 4.99 Å². The minimum Gasteiger partial charge on any atom is -0.356 e. The molecule has 0 atom stereocenters. The third-order valence-corrected chi connectivity index (χ3v) is 6.00. The predicted octanol–water partition coefficient (Wildman–Crippen LogP) is 3.96. The minimum absolute atomic E-state index is 0. The van der Waals surface area contributed by atoms with Gasteiger partial charge in [0.05, 0.1) is 0 Å². The predicted molar refractivity (Wildman–Crippen MR) is 137 cm³/mol. The molecule has 0 spiro atoms. The zero-order valence-corrected chi connectivity index (χ0v) is 21.9. The zero-order chi connectivity index (χ0) is 21.3. The van der Waals surface area contributed by atoms with Crippen LogP contribution >= 0.6 is 35.6 Å². The van der Waals surface area contributed by atoms with Crippen LogP contribution in [0.25, 0.3) is 0 Å². The van der Waals surface area contributed by atoms with Crippen molar-refractivity contribution in [3.63, 3.8) is 0 Å². The molecule has 0 saturated carbocycles. The molecular formula is C22H38ClFIN5. The molecule has 1 aromatic carbocycles. The van der Waals surface area contributed by atoms with Gasteiger partial charge in [0, 0.05) is 56.8 Å². The first-order valence-electron chi connectivity index (χ1n) is 10.7. The van der Waals surface area contributed by atoms with Crippen molar-refractivity contribution >= 4 is 41.5 Å². The van der Waals surface area contributed by atoms with Gasteiger partial charge in [0.15, 0.2) is 5.96 Å². The van der Waals surface area contributed by atoms with Crippen molar-refractivity contribution in [1.29, 1.82) is 0 Å². The van der Waals surface area contributed by atoms with Crippen molar-refractivity contribution in [3.8, 4) is 0 Å². The van der Waals surface area contributed by atoms with Gasteiger partial charge in [-0.1, -0.05) is 38.4 Å². The van der Waals surface area contributed by atoms with E-state index in [0.29, 0.717) is 11.6 Å². The fourth-order valence-electron chi connectivity index (χ4n) is 3.66. The van der Waals surface area contributed by atoms with E-state index in [4.69, 9.17) is 11.6 Å². The smallest absolute Gasteiger partial charge is 0.191 e. The number of halogens is 3. The number of nitrogens with zero attached hydrogens (tertiary/aromatic N) is 3. The first-order chi connectivity index (χ1) is 13.9. The number of guanidine groups is 1. The Morgan fingerprint density at radius 3 is 2.40 bits per heavy atom. The van der Waals surface area contributed by atoms with Crippen LogP contribution in [-0.2, 0) is 5.41 Å². The largest absolute Gasteiger partial charge is 0.356 e. The monoisotopic (exact) mass is 553 g/mol. The van der Waals surface area contributed by atoms with Crippen LogP contribution in [-0.4, -0.2) is 75.2 Å². The van der Waals surface area contributed by atoms with Crippen molar-refractivity contribution in [1.82, 2.24) is 20.4 Å². The number of hydrogen-bond donors (Lipinski definition) is 2. The van der Waals surface area contributed by atoms with Crippen LogP contribution < -0.4 is 10.6 Å². The van der Waals surface area contributed by atoms with Crippen LogP contribution in [0.15, 0.2) is 23.2 Å². The standard InChI is InChI=1S/C22H37ClFN5.HI/c1-5-28-12-14-29(15-13-28)11-7-6-10-26-21(25-4)27-17-22(2,3)19-9-8-18(24)16-20(19)23;/h8-9,16H,5-7,10-15,17H2,1-4H3,(H2,25,26,27);1H. The van der Waals surface area contributed by atoms with Crippen LogP contribution in [0.4, 0.5) is 4.39 Å². The molecule has 0 aliphatic carbocycles. The second kappa shape index (κ2) is 13.7. The number of hydrogen-bond acceptors (Lipinski definition) is 3. The van der Waals surface area contributed by atoms with E-state index in [0.717, 1.165) is 31.0 Å². The molecule has 5 nitrogen and oxygen atoms in total. The number of aliphatic imine (C=N–C) groups is 1. The molecular weight excluding hydrogens is 516 g/mol. The van der Waals surface area contributed by atoms with E-state index >= 15 is 0 Å². The summed E-state index contributed by atoms with van der Waals surface area (Å²) in [5.74, 6) is 0.472. The highest BCUT2D eigenvalue weighted by atomic mass is 127. The molecule has 0 unspecified atom stereocenters. The van der Waals surface area contributed by atoms with Gasteiger partial charge < -0.3 is 20.4 Å². The second-order valence-corrected chi connectivity index (χ2v) is 8.75. The molecule has 30 heavy (non-hydrogen) atoms. The van der Waals surface area contributed by atoms with E-state index < -0.39 is 0 Å². The summed E-state index contributed by atoms with van der Waals surface area (Å²) in [5, 5.41) is 7.22.